The predicted octanol–water partition coefficient (Wildman–Crippen LogP) is 3.27. The number of rotatable bonds is 12. The van der Waals surface area contributed by atoms with Crippen molar-refractivity contribution < 1.29 is 19.1 Å². The molecule has 2 aliphatic rings. The van der Waals surface area contributed by atoms with Crippen LogP contribution in [-0.2, 0) is 20.8 Å². The van der Waals surface area contributed by atoms with Gasteiger partial charge in [0, 0.05) is 43.3 Å². The lowest BCUT2D eigenvalue weighted by Gasteiger charge is -2.35. The number of ether oxygens (including phenoxy) is 1. The number of nitrogens with zero attached hydrogens (tertiary/aromatic N) is 4. The molecule has 2 fully saturated rings. The molecule has 2 saturated heterocycles. The Hall–Kier alpha value is -3.75. The molecule has 3 amide bonds. The number of piperazine rings is 1. The summed E-state index contributed by atoms with van der Waals surface area (Å²) in [5, 5.41) is 16.3. The van der Waals surface area contributed by atoms with Gasteiger partial charge in [-0.25, -0.2) is 9.97 Å². The zero-order valence-corrected chi connectivity index (χ0v) is 31.1. The summed E-state index contributed by atoms with van der Waals surface area (Å²) in [7, 11) is 5.37. The summed E-state index contributed by atoms with van der Waals surface area (Å²) < 4.78 is 5.79. The van der Waals surface area contributed by atoms with Crippen LogP contribution < -0.4 is 36.2 Å². The van der Waals surface area contributed by atoms with E-state index in [1.54, 1.807) is 21.1 Å². The van der Waals surface area contributed by atoms with Crippen LogP contribution in [0.2, 0.25) is 5.02 Å². The zero-order chi connectivity index (χ0) is 35.3. The molecule has 0 saturated carbocycles. The fourth-order valence-electron chi connectivity index (χ4n) is 6.38. The number of imide groups is 1. The van der Waals surface area contributed by atoms with Gasteiger partial charge in [0.2, 0.25) is 17.7 Å². The largest absolute Gasteiger partial charge is 0.496 e. The van der Waals surface area contributed by atoms with Crippen LogP contribution in [0.25, 0.3) is 10.9 Å². The zero-order valence-electron chi connectivity index (χ0n) is 29.6. The molecule has 2 aromatic carbocycles. The second-order valence-electron chi connectivity index (χ2n) is 13.6. The third-order valence-electron chi connectivity index (χ3n) is 9.52. The molecule has 3 atom stereocenters. The molecule has 0 spiro atoms. The van der Waals surface area contributed by atoms with Gasteiger partial charge in [-0.3, -0.25) is 19.7 Å². The molecular weight excluding hydrogens is 681 g/mol. The predicted molar refractivity (Wildman–Crippen MR) is 200 cm³/mol. The van der Waals surface area contributed by atoms with Crippen molar-refractivity contribution in [1.82, 2.24) is 36.1 Å². The fraction of sp³-hybridized carbons (Fsp3) is 0.514. The second kappa shape index (κ2) is 17.0. The highest BCUT2D eigenvalue weighted by molar-refractivity contribution is 6.33. The van der Waals surface area contributed by atoms with Crippen molar-refractivity contribution in [3.05, 3.63) is 47.2 Å². The van der Waals surface area contributed by atoms with Gasteiger partial charge in [0.05, 0.1) is 35.4 Å². The Morgan fingerprint density at radius 3 is 2.48 bits per heavy atom. The molecule has 50 heavy (non-hydrogen) atoms. The van der Waals surface area contributed by atoms with Crippen LogP contribution in [0.1, 0.15) is 39.2 Å². The number of likely N-dealkylation sites (N-methyl/N-ethyl adjacent to an activating group) is 2. The first-order valence-corrected chi connectivity index (χ1v) is 17.2. The van der Waals surface area contributed by atoms with Gasteiger partial charge in [-0.05, 0) is 82.1 Å². The van der Waals surface area contributed by atoms with E-state index in [9.17, 15) is 14.4 Å². The molecule has 0 bridgehead atoms. The van der Waals surface area contributed by atoms with Crippen LogP contribution in [0, 0.1) is 5.41 Å². The van der Waals surface area contributed by atoms with Crippen molar-refractivity contribution in [3.63, 3.8) is 0 Å². The van der Waals surface area contributed by atoms with Gasteiger partial charge in [0.15, 0.2) is 0 Å². The van der Waals surface area contributed by atoms with E-state index in [0.29, 0.717) is 34.9 Å². The molecule has 5 N–H and O–H groups in total. The number of hydrogen-bond acceptors (Lipinski definition) is 11. The molecule has 3 aromatic rings. The molecular formula is C35H49Cl2N9O4. The topological polar surface area (TPSA) is 153 Å². The Bertz CT molecular complexity index is 1680. The Balaban J connectivity index is 0.00000562. The summed E-state index contributed by atoms with van der Waals surface area (Å²) in [6, 6.07) is 7.67. The molecule has 3 heterocycles. The summed E-state index contributed by atoms with van der Waals surface area (Å²) in [5.41, 5.74) is 2.35. The maximum Gasteiger partial charge on any atom is 0.249 e. The number of fused-ring (bicyclic) bond motifs is 1. The van der Waals surface area contributed by atoms with Crippen molar-refractivity contribution in [2.75, 3.05) is 64.1 Å². The monoisotopic (exact) mass is 729 g/mol. The van der Waals surface area contributed by atoms with Gasteiger partial charge in [0.1, 0.15) is 23.9 Å². The number of carbonyl (C=O) groups excluding carboxylic acids is 3. The van der Waals surface area contributed by atoms with Crippen molar-refractivity contribution in [2.24, 2.45) is 5.41 Å². The molecule has 5 rings (SSSR count). The number of amides is 3. The quantitative estimate of drug-likeness (QED) is 0.187. The number of methoxy groups -OCH3 is 1. The van der Waals surface area contributed by atoms with Crippen molar-refractivity contribution in [2.45, 2.75) is 58.2 Å². The van der Waals surface area contributed by atoms with Gasteiger partial charge in [0.25, 0.3) is 0 Å². The van der Waals surface area contributed by atoms with Gasteiger partial charge < -0.3 is 35.8 Å². The number of carbonyl (C=O) groups is 3. The fourth-order valence-corrected chi connectivity index (χ4v) is 6.68. The van der Waals surface area contributed by atoms with Crippen LogP contribution in [0.5, 0.6) is 5.75 Å². The van der Waals surface area contributed by atoms with Crippen molar-refractivity contribution in [1.29, 1.82) is 0 Å². The Morgan fingerprint density at radius 1 is 1.10 bits per heavy atom. The minimum atomic E-state index is -1.04. The maximum atomic E-state index is 13.7. The lowest BCUT2D eigenvalue weighted by atomic mass is 9.77. The van der Waals surface area contributed by atoms with Crippen LogP contribution in [-0.4, -0.2) is 105 Å². The Labute approximate surface area is 305 Å². The normalized spacial score (nSPS) is 17.8. The van der Waals surface area contributed by atoms with E-state index >= 15 is 0 Å². The molecule has 272 valence electrons. The average Bonchev–Trinajstić information content (AvgIpc) is 3.63. The third kappa shape index (κ3) is 9.12. The summed E-state index contributed by atoms with van der Waals surface area (Å²) in [6.45, 7) is 9.98. The maximum absolute atomic E-state index is 13.7. The number of halogens is 2. The van der Waals surface area contributed by atoms with E-state index in [4.69, 9.17) is 16.3 Å². The van der Waals surface area contributed by atoms with Crippen LogP contribution in [0.15, 0.2) is 36.7 Å². The van der Waals surface area contributed by atoms with Gasteiger partial charge >= 0.3 is 0 Å². The first-order chi connectivity index (χ1) is 23.4. The molecule has 0 unspecified atom stereocenters. The molecule has 2 aliphatic heterocycles. The SMILES string of the molecule is CN[C@@H](C)C(=O)N[C@H](C(=O)NC(=O)[C@@H]1CCCN1)C(C)(C)Cc1cc2c(Nc3ccc(N4CCN(C)CC4)c(Cl)c3)ncnc2cc1OC.Cl. The van der Waals surface area contributed by atoms with E-state index < -0.39 is 35.4 Å². The van der Waals surface area contributed by atoms with Crippen LogP contribution in [0.3, 0.4) is 0 Å². The molecule has 0 aliphatic carbocycles. The molecule has 15 heteroatoms. The highest BCUT2D eigenvalue weighted by Gasteiger charge is 2.39. The van der Waals surface area contributed by atoms with E-state index in [0.717, 1.165) is 61.5 Å². The van der Waals surface area contributed by atoms with Gasteiger partial charge in [-0.15, -0.1) is 12.4 Å². The minimum absolute atomic E-state index is 0. The number of anilines is 3. The molecule has 0 radical (unpaired) electrons. The van der Waals surface area contributed by atoms with Gasteiger partial charge in [-0.1, -0.05) is 25.4 Å². The van der Waals surface area contributed by atoms with E-state index in [1.165, 1.54) is 6.33 Å². The van der Waals surface area contributed by atoms with E-state index in [-0.39, 0.29) is 18.3 Å². The molecule has 13 nitrogen and oxygen atoms in total. The number of aromatic nitrogens is 2. The van der Waals surface area contributed by atoms with Crippen LogP contribution in [0.4, 0.5) is 17.2 Å². The Morgan fingerprint density at radius 2 is 1.84 bits per heavy atom. The van der Waals surface area contributed by atoms with Crippen LogP contribution >= 0.6 is 24.0 Å². The highest BCUT2D eigenvalue weighted by Crippen LogP contribution is 2.36. The number of nitrogens with one attached hydrogen (secondary N) is 5. The standard InChI is InChI=1S/C35H48ClN9O4.ClH/c1-21(37-4)32(46)42-30(34(48)43-33(47)26-8-7-11-38-26)35(2,3)19-22-16-24-27(18-29(22)49-6)39-20-40-31(24)41-23-9-10-28(25(36)17-23)45-14-12-44(5)13-15-45;/h9-10,16-18,20-21,26,30,37-38H,7-8,11-15,19H2,1-6H3,(H,42,46)(H,39,40,41)(H,43,47,48);1H/t21-,26-,30+;/m0./s1. The van der Waals surface area contributed by atoms with E-state index in [1.807, 2.05) is 44.2 Å². The first kappa shape index (κ1) is 39.0. The minimum Gasteiger partial charge on any atom is -0.496 e. The highest BCUT2D eigenvalue weighted by atomic mass is 35.5. The number of benzene rings is 2. The first-order valence-electron chi connectivity index (χ1n) is 16.8. The van der Waals surface area contributed by atoms with Gasteiger partial charge in [-0.2, -0.15) is 0 Å². The van der Waals surface area contributed by atoms with Crippen molar-refractivity contribution in [3.8, 4) is 5.75 Å². The second-order valence-corrected chi connectivity index (χ2v) is 14.0. The third-order valence-corrected chi connectivity index (χ3v) is 9.82. The van der Waals surface area contributed by atoms with E-state index in [2.05, 4.69) is 53.4 Å². The summed E-state index contributed by atoms with van der Waals surface area (Å²) in [6.07, 6.45) is 3.31. The lowest BCUT2D eigenvalue weighted by molar-refractivity contribution is -0.137. The summed E-state index contributed by atoms with van der Waals surface area (Å²) in [4.78, 5) is 53.3. The smallest absolute Gasteiger partial charge is 0.249 e. The molecule has 1 aromatic heterocycles. The number of hydrogen-bond donors (Lipinski definition) is 5. The summed E-state index contributed by atoms with van der Waals surface area (Å²) in [5.74, 6) is -0.167. The Kier molecular flexibility index (Phi) is 13.3. The lowest BCUT2D eigenvalue weighted by Crippen LogP contribution is -2.59. The summed E-state index contributed by atoms with van der Waals surface area (Å²) >= 11 is 6.77. The van der Waals surface area contributed by atoms with Crippen molar-refractivity contribution >= 4 is 69.8 Å². The average molecular weight is 731 g/mol.